The Morgan fingerprint density at radius 2 is 1.92 bits per heavy atom. The Labute approximate surface area is 150 Å². The van der Waals surface area contributed by atoms with E-state index in [1.807, 2.05) is 29.2 Å². The molecule has 0 radical (unpaired) electrons. The molecule has 2 atom stereocenters. The molecule has 2 bridgehead atoms. The minimum absolute atomic E-state index is 0.0393. The summed E-state index contributed by atoms with van der Waals surface area (Å²) >= 11 is 0. The third kappa shape index (κ3) is 2.37. The predicted molar refractivity (Wildman–Crippen MR) is 98.9 cm³/mol. The Hall–Kier alpha value is -1.68. The lowest BCUT2D eigenvalue weighted by molar-refractivity contribution is -0.140. The van der Waals surface area contributed by atoms with Crippen LogP contribution in [-0.4, -0.2) is 41.3 Å². The van der Waals surface area contributed by atoms with Crippen LogP contribution < -0.4 is 4.90 Å². The van der Waals surface area contributed by atoms with Crippen LogP contribution in [0.4, 0.5) is 5.69 Å². The normalized spacial score (nSPS) is 31.8. The number of carbonyl (C=O) groups is 2. The molecule has 1 amide bonds. The molecule has 3 aliphatic heterocycles. The van der Waals surface area contributed by atoms with E-state index in [0.717, 1.165) is 37.9 Å². The molecule has 4 rings (SSSR count). The van der Waals surface area contributed by atoms with E-state index in [2.05, 4.69) is 25.7 Å². The number of benzene rings is 1. The van der Waals surface area contributed by atoms with E-state index in [9.17, 15) is 9.59 Å². The quantitative estimate of drug-likeness (QED) is 0.783. The summed E-state index contributed by atoms with van der Waals surface area (Å²) in [6.07, 6.45) is 4.74. The van der Waals surface area contributed by atoms with Gasteiger partial charge in [0.05, 0.1) is 11.7 Å². The second-order valence-electron chi connectivity index (χ2n) is 8.61. The van der Waals surface area contributed by atoms with Crippen LogP contribution in [0, 0.1) is 5.41 Å². The van der Waals surface area contributed by atoms with Crippen molar-refractivity contribution in [3.8, 4) is 0 Å². The summed E-state index contributed by atoms with van der Waals surface area (Å²) in [5, 5.41) is 0. The molecule has 2 fully saturated rings. The van der Waals surface area contributed by atoms with E-state index in [4.69, 9.17) is 0 Å². The number of rotatable bonds is 1. The van der Waals surface area contributed by atoms with Gasteiger partial charge < -0.3 is 4.90 Å². The Morgan fingerprint density at radius 3 is 2.68 bits per heavy atom. The van der Waals surface area contributed by atoms with Gasteiger partial charge in [-0.25, -0.2) is 0 Å². The van der Waals surface area contributed by atoms with Gasteiger partial charge in [0.15, 0.2) is 5.78 Å². The number of piperidine rings is 2. The van der Waals surface area contributed by atoms with Crippen LogP contribution >= 0.6 is 0 Å². The van der Waals surface area contributed by atoms with Crippen LogP contribution in [0.5, 0.6) is 0 Å². The minimum atomic E-state index is -0.284. The lowest BCUT2D eigenvalue weighted by Crippen LogP contribution is -2.69. The van der Waals surface area contributed by atoms with Crippen molar-refractivity contribution < 1.29 is 9.59 Å². The van der Waals surface area contributed by atoms with Crippen LogP contribution in [-0.2, 0) is 4.79 Å². The van der Waals surface area contributed by atoms with Crippen molar-refractivity contribution in [3.63, 3.8) is 0 Å². The standard InChI is InChI=1S/C21H28N2O2/c1-4-21-11-7-12-22-13-10-17(24)15-8-5-6-9-16(15)23(19(25)18(21)22)20(2,3)14-21/h5-6,8-9,18H,4,7,10-14H2,1-3H3. The number of Topliss-reactive ketones (excluding diaryl/α,β-unsaturated/α-hetero) is 1. The fraction of sp³-hybridized carbons (Fsp3) is 0.619. The minimum Gasteiger partial charge on any atom is -0.305 e. The number of hydrogen-bond donors (Lipinski definition) is 0. The molecular weight excluding hydrogens is 312 g/mol. The summed E-state index contributed by atoms with van der Waals surface area (Å²) in [7, 11) is 0. The Kier molecular flexibility index (Phi) is 3.80. The third-order valence-corrected chi connectivity index (χ3v) is 6.69. The number of hydrogen-bond acceptors (Lipinski definition) is 3. The SMILES string of the molecule is CCC12CCCN3CCC(=O)c4ccccc4N(C(=O)C31)C(C)(C)C2. The molecule has 4 heteroatoms. The molecule has 4 nitrogen and oxygen atoms in total. The monoisotopic (exact) mass is 340 g/mol. The summed E-state index contributed by atoms with van der Waals surface area (Å²) in [5.74, 6) is 0.347. The van der Waals surface area contributed by atoms with Crippen LogP contribution in [0.3, 0.4) is 0 Å². The first kappa shape index (κ1) is 16.8. The molecule has 25 heavy (non-hydrogen) atoms. The van der Waals surface area contributed by atoms with Crippen molar-refractivity contribution in [2.45, 2.75) is 64.5 Å². The lowest BCUT2D eigenvalue weighted by atomic mass is 9.61. The first-order chi connectivity index (χ1) is 11.9. The molecule has 1 aromatic carbocycles. The van der Waals surface area contributed by atoms with Gasteiger partial charge in [0.25, 0.3) is 0 Å². The molecule has 134 valence electrons. The van der Waals surface area contributed by atoms with E-state index in [1.165, 1.54) is 0 Å². The average Bonchev–Trinajstić information content (AvgIpc) is 2.62. The molecule has 0 N–H and O–H groups in total. The highest BCUT2D eigenvalue weighted by molar-refractivity contribution is 6.08. The Morgan fingerprint density at radius 1 is 1.16 bits per heavy atom. The van der Waals surface area contributed by atoms with Gasteiger partial charge in [-0.3, -0.25) is 14.5 Å². The number of carbonyl (C=O) groups excluding carboxylic acids is 2. The molecule has 2 unspecified atom stereocenters. The van der Waals surface area contributed by atoms with Gasteiger partial charge in [0, 0.05) is 24.1 Å². The van der Waals surface area contributed by atoms with Crippen molar-refractivity contribution in [1.29, 1.82) is 0 Å². The fourth-order valence-electron chi connectivity index (χ4n) is 5.72. The van der Waals surface area contributed by atoms with Crippen molar-refractivity contribution in [2.24, 2.45) is 5.41 Å². The van der Waals surface area contributed by atoms with E-state index >= 15 is 0 Å². The van der Waals surface area contributed by atoms with Gasteiger partial charge in [0.2, 0.25) is 5.91 Å². The summed E-state index contributed by atoms with van der Waals surface area (Å²) in [6.45, 7) is 8.18. The van der Waals surface area contributed by atoms with Crippen LogP contribution in [0.2, 0.25) is 0 Å². The average molecular weight is 340 g/mol. The van der Waals surface area contributed by atoms with Gasteiger partial charge in [-0.2, -0.15) is 0 Å². The van der Waals surface area contributed by atoms with Gasteiger partial charge in [-0.05, 0) is 63.6 Å². The highest BCUT2D eigenvalue weighted by Crippen LogP contribution is 2.52. The third-order valence-electron chi connectivity index (χ3n) is 6.69. The zero-order valence-electron chi connectivity index (χ0n) is 15.5. The summed E-state index contributed by atoms with van der Waals surface area (Å²) in [6, 6.07) is 7.59. The summed E-state index contributed by atoms with van der Waals surface area (Å²) < 4.78 is 0. The molecule has 0 aromatic heterocycles. The molecule has 1 aromatic rings. The summed E-state index contributed by atoms with van der Waals surface area (Å²) in [4.78, 5) is 30.9. The number of nitrogens with zero attached hydrogens (tertiary/aromatic N) is 2. The lowest BCUT2D eigenvalue weighted by Gasteiger charge is -2.59. The van der Waals surface area contributed by atoms with Crippen LogP contribution in [0.15, 0.2) is 24.3 Å². The largest absolute Gasteiger partial charge is 0.305 e. The van der Waals surface area contributed by atoms with Gasteiger partial charge in [-0.1, -0.05) is 19.1 Å². The molecule has 2 saturated heterocycles. The van der Waals surface area contributed by atoms with Crippen LogP contribution in [0.1, 0.15) is 63.2 Å². The van der Waals surface area contributed by atoms with Gasteiger partial charge >= 0.3 is 0 Å². The van der Waals surface area contributed by atoms with E-state index in [0.29, 0.717) is 18.5 Å². The number of ketones is 1. The number of amides is 1. The molecule has 0 saturated carbocycles. The number of para-hydroxylation sites is 1. The van der Waals surface area contributed by atoms with E-state index in [-0.39, 0.29) is 28.7 Å². The highest BCUT2D eigenvalue weighted by Gasteiger charge is 2.58. The maximum absolute atomic E-state index is 13.8. The zero-order valence-corrected chi connectivity index (χ0v) is 15.5. The van der Waals surface area contributed by atoms with Crippen molar-refractivity contribution in [3.05, 3.63) is 29.8 Å². The second-order valence-corrected chi connectivity index (χ2v) is 8.61. The van der Waals surface area contributed by atoms with Gasteiger partial charge in [0.1, 0.15) is 0 Å². The van der Waals surface area contributed by atoms with Crippen molar-refractivity contribution in [2.75, 3.05) is 18.0 Å². The second kappa shape index (κ2) is 5.66. The predicted octanol–water partition coefficient (Wildman–Crippen LogP) is 3.65. The fourth-order valence-corrected chi connectivity index (χ4v) is 5.72. The molecule has 0 aliphatic carbocycles. The summed E-state index contributed by atoms with van der Waals surface area (Å²) in [5.41, 5.74) is 1.26. The van der Waals surface area contributed by atoms with Crippen LogP contribution in [0.25, 0.3) is 0 Å². The molecular formula is C21H28N2O2. The molecule has 3 heterocycles. The van der Waals surface area contributed by atoms with E-state index < -0.39 is 0 Å². The zero-order chi connectivity index (χ0) is 17.8. The Bertz CT molecular complexity index is 726. The first-order valence-electron chi connectivity index (χ1n) is 9.60. The maximum Gasteiger partial charge on any atom is 0.245 e. The molecule has 0 spiro atoms. The van der Waals surface area contributed by atoms with Crippen molar-refractivity contribution >= 4 is 17.4 Å². The topological polar surface area (TPSA) is 40.6 Å². The van der Waals surface area contributed by atoms with E-state index in [1.54, 1.807) is 0 Å². The van der Waals surface area contributed by atoms with Gasteiger partial charge in [-0.15, -0.1) is 0 Å². The number of anilines is 1. The number of fused-ring (bicyclic) bond motifs is 3. The van der Waals surface area contributed by atoms with Crippen molar-refractivity contribution in [1.82, 2.24) is 4.90 Å². The Balaban J connectivity index is 1.93. The highest BCUT2D eigenvalue weighted by atomic mass is 16.2. The first-order valence-corrected chi connectivity index (χ1v) is 9.60. The smallest absolute Gasteiger partial charge is 0.245 e. The molecule has 3 aliphatic rings. The maximum atomic E-state index is 13.8.